The Labute approximate surface area is 164 Å². The number of amides is 1. The number of aryl methyl sites for hydroxylation is 1. The van der Waals surface area contributed by atoms with Crippen molar-refractivity contribution in [1.29, 1.82) is 0 Å². The topological polar surface area (TPSA) is 62.5 Å². The number of hydrogen-bond acceptors (Lipinski definition) is 5. The molecule has 1 aliphatic heterocycles. The van der Waals surface area contributed by atoms with E-state index >= 15 is 0 Å². The van der Waals surface area contributed by atoms with Crippen molar-refractivity contribution in [2.24, 2.45) is 0 Å². The largest absolute Gasteiger partial charge is 0.353 e. The van der Waals surface area contributed by atoms with E-state index in [1.165, 1.54) is 12.1 Å². The highest BCUT2D eigenvalue weighted by molar-refractivity contribution is 7.99. The molecule has 9 heteroatoms. The third kappa shape index (κ3) is 3.94. The smallest absolute Gasteiger partial charge is 0.272 e. The lowest BCUT2D eigenvalue weighted by atomic mass is 10.2. The van der Waals surface area contributed by atoms with Gasteiger partial charge >= 0.3 is 0 Å². The van der Waals surface area contributed by atoms with E-state index in [9.17, 15) is 13.6 Å². The summed E-state index contributed by atoms with van der Waals surface area (Å²) in [7, 11) is 0. The van der Waals surface area contributed by atoms with Gasteiger partial charge in [0, 0.05) is 43.3 Å². The van der Waals surface area contributed by atoms with Gasteiger partial charge in [0.15, 0.2) is 11.5 Å². The fraction of sp³-hybridized carbons (Fsp3) is 0.316. The number of hydrogen-bond donors (Lipinski definition) is 1. The average molecular weight is 403 g/mol. The molecular formula is C19H19F2N5OS. The van der Waals surface area contributed by atoms with Gasteiger partial charge in [0.1, 0.15) is 17.2 Å². The number of carbonyl (C=O) groups excluding carboxylic acids is 1. The molecule has 1 aliphatic rings. The SMILES string of the molecule is Cc1cn2nc(C(=O)NCc3cc(F)cc(F)c3)cc2c(N2CCSCC2)n1. The first-order valence-electron chi connectivity index (χ1n) is 8.92. The van der Waals surface area contributed by atoms with E-state index in [0.717, 1.165) is 47.7 Å². The van der Waals surface area contributed by atoms with Crippen molar-refractivity contribution >= 4 is 29.0 Å². The maximum atomic E-state index is 13.3. The normalized spacial score (nSPS) is 14.5. The predicted molar refractivity (Wildman–Crippen MR) is 105 cm³/mol. The number of halogens is 2. The molecule has 0 spiro atoms. The second kappa shape index (κ2) is 7.75. The number of nitrogens with zero attached hydrogens (tertiary/aromatic N) is 4. The maximum Gasteiger partial charge on any atom is 0.272 e. The number of nitrogens with one attached hydrogen (secondary N) is 1. The predicted octanol–water partition coefficient (Wildman–Crippen LogP) is 2.80. The second-order valence-electron chi connectivity index (χ2n) is 6.63. The molecule has 3 aromatic rings. The summed E-state index contributed by atoms with van der Waals surface area (Å²) in [6.45, 7) is 3.69. The Morgan fingerprint density at radius 2 is 1.89 bits per heavy atom. The molecule has 0 atom stereocenters. The molecule has 4 rings (SSSR count). The van der Waals surface area contributed by atoms with E-state index in [-0.39, 0.29) is 12.2 Å². The standard InChI is InChI=1S/C19H19F2N5OS/c1-12-11-26-17(18(23-12)25-2-4-28-5-3-25)9-16(24-26)19(27)22-10-13-6-14(20)8-15(21)7-13/h6-9,11H,2-5,10H2,1H3,(H,22,27). The third-order valence-electron chi connectivity index (χ3n) is 4.47. The zero-order valence-corrected chi connectivity index (χ0v) is 16.1. The molecule has 1 fully saturated rings. The van der Waals surface area contributed by atoms with Crippen LogP contribution in [0.2, 0.25) is 0 Å². The van der Waals surface area contributed by atoms with Crippen molar-refractivity contribution in [3.8, 4) is 0 Å². The number of fused-ring (bicyclic) bond motifs is 1. The van der Waals surface area contributed by atoms with Gasteiger partial charge in [-0.25, -0.2) is 18.3 Å². The summed E-state index contributed by atoms with van der Waals surface area (Å²) in [4.78, 5) is 19.4. The fourth-order valence-electron chi connectivity index (χ4n) is 3.19. The van der Waals surface area contributed by atoms with Crippen molar-refractivity contribution in [3.63, 3.8) is 0 Å². The number of benzene rings is 1. The van der Waals surface area contributed by atoms with Gasteiger partial charge in [0.25, 0.3) is 5.91 Å². The van der Waals surface area contributed by atoms with Crippen LogP contribution in [0, 0.1) is 18.6 Å². The lowest BCUT2D eigenvalue weighted by molar-refractivity contribution is 0.0945. The summed E-state index contributed by atoms with van der Waals surface area (Å²) >= 11 is 1.91. The highest BCUT2D eigenvalue weighted by Gasteiger charge is 2.19. The minimum atomic E-state index is -0.678. The van der Waals surface area contributed by atoms with Gasteiger partial charge in [0.05, 0.1) is 11.9 Å². The van der Waals surface area contributed by atoms with E-state index in [0.29, 0.717) is 5.56 Å². The number of anilines is 1. The minimum absolute atomic E-state index is 0.00880. The van der Waals surface area contributed by atoms with Gasteiger partial charge < -0.3 is 10.2 Å². The van der Waals surface area contributed by atoms with Crippen LogP contribution in [-0.2, 0) is 6.54 Å². The van der Waals surface area contributed by atoms with Crippen LogP contribution in [0.15, 0.2) is 30.5 Å². The van der Waals surface area contributed by atoms with Crippen LogP contribution in [0.3, 0.4) is 0 Å². The molecule has 0 unspecified atom stereocenters. The summed E-state index contributed by atoms with van der Waals surface area (Å²) < 4.78 is 28.2. The van der Waals surface area contributed by atoms with E-state index in [4.69, 9.17) is 0 Å². The van der Waals surface area contributed by atoms with Crippen molar-refractivity contribution in [2.45, 2.75) is 13.5 Å². The third-order valence-corrected chi connectivity index (χ3v) is 5.42. The molecule has 0 saturated carbocycles. The van der Waals surface area contributed by atoms with Crippen LogP contribution in [0.25, 0.3) is 5.52 Å². The van der Waals surface area contributed by atoms with E-state index in [1.54, 1.807) is 16.8 Å². The minimum Gasteiger partial charge on any atom is -0.353 e. The van der Waals surface area contributed by atoms with Gasteiger partial charge in [-0.05, 0) is 24.6 Å². The first-order chi connectivity index (χ1) is 13.5. The Hall–Kier alpha value is -2.68. The molecule has 0 bridgehead atoms. The maximum absolute atomic E-state index is 13.3. The van der Waals surface area contributed by atoms with E-state index in [2.05, 4.69) is 20.3 Å². The van der Waals surface area contributed by atoms with Crippen molar-refractivity contribution in [2.75, 3.05) is 29.5 Å². The van der Waals surface area contributed by atoms with Gasteiger partial charge in [0.2, 0.25) is 0 Å². The van der Waals surface area contributed by atoms with Crippen molar-refractivity contribution < 1.29 is 13.6 Å². The van der Waals surface area contributed by atoms with E-state index in [1.807, 2.05) is 18.7 Å². The molecule has 1 N–H and O–H groups in total. The van der Waals surface area contributed by atoms with Gasteiger partial charge in [-0.3, -0.25) is 4.79 Å². The van der Waals surface area contributed by atoms with Crippen LogP contribution in [0.5, 0.6) is 0 Å². The van der Waals surface area contributed by atoms with Gasteiger partial charge in [-0.1, -0.05) is 0 Å². The Morgan fingerprint density at radius 3 is 2.61 bits per heavy atom. The Morgan fingerprint density at radius 1 is 1.18 bits per heavy atom. The van der Waals surface area contributed by atoms with Crippen molar-refractivity contribution in [3.05, 3.63) is 59.0 Å². The summed E-state index contributed by atoms with van der Waals surface area (Å²) in [6.07, 6.45) is 1.77. The summed E-state index contributed by atoms with van der Waals surface area (Å²) in [5.41, 5.74) is 2.15. The van der Waals surface area contributed by atoms with Crippen LogP contribution < -0.4 is 10.2 Å². The molecule has 0 aliphatic carbocycles. The van der Waals surface area contributed by atoms with E-state index < -0.39 is 17.5 Å². The lowest BCUT2D eigenvalue weighted by Gasteiger charge is -2.28. The first-order valence-corrected chi connectivity index (χ1v) is 10.1. The Balaban J connectivity index is 1.57. The highest BCUT2D eigenvalue weighted by Crippen LogP contribution is 2.24. The monoisotopic (exact) mass is 403 g/mol. The summed E-state index contributed by atoms with van der Waals surface area (Å²) in [6, 6.07) is 4.87. The molecule has 1 aromatic carbocycles. The Kier molecular flexibility index (Phi) is 5.17. The molecule has 2 aromatic heterocycles. The van der Waals surface area contributed by atoms with Crippen LogP contribution in [-0.4, -0.2) is 45.1 Å². The molecule has 1 saturated heterocycles. The molecule has 6 nitrogen and oxygen atoms in total. The number of aromatic nitrogens is 3. The van der Waals surface area contributed by atoms with Crippen molar-refractivity contribution in [1.82, 2.24) is 19.9 Å². The van der Waals surface area contributed by atoms with Crippen LogP contribution in [0.1, 0.15) is 21.7 Å². The molecule has 1 amide bonds. The molecule has 28 heavy (non-hydrogen) atoms. The molecule has 146 valence electrons. The van der Waals surface area contributed by atoms with Crippen LogP contribution in [0.4, 0.5) is 14.6 Å². The van der Waals surface area contributed by atoms with Gasteiger partial charge in [-0.15, -0.1) is 0 Å². The zero-order chi connectivity index (χ0) is 19.7. The zero-order valence-electron chi connectivity index (χ0n) is 15.3. The van der Waals surface area contributed by atoms with Gasteiger partial charge in [-0.2, -0.15) is 16.9 Å². The Bertz CT molecular complexity index is 1010. The highest BCUT2D eigenvalue weighted by atomic mass is 32.2. The first kappa shape index (κ1) is 18.7. The molecule has 0 radical (unpaired) electrons. The van der Waals surface area contributed by atoms with Crippen LogP contribution >= 0.6 is 11.8 Å². The number of carbonyl (C=O) groups is 1. The quantitative estimate of drug-likeness (QED) is 0.726. The molecular weight excluding hydrogens is 384 g/mol. The second-order valence-corrected chi connectivity index (χ2v) is 7.85. The fourth-order valence-corrected chi connectivity index (χ4v) is 4.10. The lowest BCUT2D eigenvalue weighted by Crippen LogP contribution is -2.33. The molecule has 3 heterocycles. The summed E-state index contributed by atoms with van der Waals surface area (Å²) in [5.74, 6) is 1.12. The number of rotatable bonds is 4. The average Bonchev–Trinajstić information content (AvgIpc) is 3.09. The summed E-state index contributed by atoms with van der Waals surface area (Å²) in [5, 5.41) is 7.02. The number of thioether (sulfide) groups is 1.